The van der Waals surface area contributed by atoms with Crippen LogP contribution in [0.4, 0.5) is 0 Å². The number of hydrogen-bond acceptors (Lipinski definition) is 7. The summed E-state index contributed by atoms with van der Waals surface area (Å²) in [5, 5.41) is 24.9. The lowest BCUT2D eigenvalue weighted by Gasteiger charge is -2.25. The molecule has 0 saturated heterocycles. The quantitative estimate of drug-likeness (QED) is 0.252. The minimum Gasteiger partial charge on any atom is -0.504 e. The summed E-state index contributed by atoms with van der Waals surface area (Å²) >= 11 is 0. The smallest absolute Gasteiger partial charge is 0.227 e. The Labute approximate surface area is 225 Å². The van der Waals surface area contributed by atoms with Gasteiger partial charge in [0.2, 0.25) is 17.1 Å². The van der Waals surface area contributed by atoms with E-state index in [-0.39, 0.29) is 35.6 Å². The van der Waals surface area contributed by atoms with E-state index < -0.39 is 17.1 Å². The Morgan fingerprint density at radius 1 is 1.21 bits per heavy atom. The molecule has 4 aromatic rings. The van der Waals surface area contributed by atoms with Gasteiger partial charge in [-0.3, -0.25) is 9.59 Å². The largest absolute Gasteiger partial charge is 0.504 e. The van der Waals surface area contributed by atoms with Gasteiger partial charge >= 0.3 is 0 Å². The summed E-state index contributed by atoms with van der Waals surface area (Å²) in [6.45, 7) is 4.14. The fourth-order valence-corrected chi connectivity index (χ4v) is 5.42. The number of aryl methyl sites for hydroxylation is 2. The van der Waals surface area contributed by atoms with Gasteiger partial charge in [0, 0.05) is 29.1 Å². The fraction of sp³-hybridized carbons (Fsp3) is 0.333. The van der Waals surface area contributed by atoms with Crippen LogP contribution in [0.15, 0.2) is 51.7 Å². The van der Waals surface area contributed by atoms with E-state index in [1.807, 2.05) is 25.1 Å². The van der Waals surface area contributed by atoms with Crippen LogP contribution in [0.5, 0.6) is 23.0 Å². The molecule has 2 aromatic heterocycles. The molecule has 1 aliphatic carbocycles. The molecule has 0 unspecified atom stereocenters. The Balaban J connectivity index is 1.46. The lowest BCUT2D eigenvalue weighted by atomic mass is 9.89. The zero-order chi connectivity index (χ0) is 27.7. The Hall–Kier alpha value is -4.40. The van der Waals surface area contributed by atoms with E-state index in [9.17, 15) is 19.8 Å². The molecule has 4 N–H and O–H groups in total. The van der Waals surface area contributed by atoms with E-state index in [0.29, 0.717) is 17.9 Å². The number of amides is 1. The van der Waals surface area contributed by atoms with Crippen molar-refractivity contribution in [3.8, 4) is 23.0 Å². The summed E-state index contributed by atoms with van der Waals surface area (Å²) in [7, 11) is 1.42. The maximum Gasteiger partial charge on any atom is 0.227 e. The summed E-state index contributed by atoms with van der Waals surface area (Å²) in [6, 6.07) is 11.6. The van der Waals surface area contributed by atoms with E-state index in [4.69, 9.17) is 13.9 Å². The van der Waals surface area contributed by atoms with E-state index >= 15 is 0 Å². The minimum absolute atomic E-state index is 0.0127. The number of hydrogen-bond donors (Lipinski definition) is 4. The molecule has 0 saturated carbocycles. The molecule has 5 rings (SSSR count). The van der Waals surface area contributed by atoms with Crippen LogP contribution in [0.3, 0.4) is 0 Å². The lowest BCUT2D eigenvalue weighted by molar-refractivity contribution is -0.122. The summed E-state index contributed by atoms with van der Waals surface area (Å²) in [5.74, 6) is -0.384. The first kappa shape index (κ1) is 26.2. The monoisotopic (exact) mass is 532 g/mol. The van der Waals surface area contributed by atoms with Crippen molar-refractivity contribution in [1.29, 1.82) is 0 Å². The second-order valence-electron chi connectivity index (χ2n) is 9.79. The van der Waals surface area contributed by atoms with Gasteiger partial charge in [-0.15, -0.1) is 0 Å². The number of methoxy groups -OCH3 is 1. The summed E-state index contributed by atoms with van der Waals surface area (Å²) < 4.78 is 16.7. The molecule has 9 heteroatoms. The van der Waals surface area contributed by atoms with Crippen molar-refractivity contribution in [3.63, 3.8) is 0 Å². The number of rotatable bonds is 8. The topological polar surface area (TPSA) is 134 Å². The predicted octanol–water partition coefficient (Wildman–Crippen LogP) is 4.96. The molecule has 0 bridgehead atoms. The summed E-state index contributed by atoms with van der Waals surface area (Å²) in [5.41, 5.74) is 3.09. The van der Waals surface area contributed by atoms with Crippen molar-refractivity contribution >= 4 is 16.8 Å². The van der Waals surface area contributed by atoms with Gasteiger partial charge in [-0.1, -0.05) is 6.07 Å². The third kappa shape index (κ3) is 5.16. The first-order chi connectivity index (χ1) is 18.8. The van der Waals surface area contributed by atoms with Crippen LogP contribution in [0, 0.1) is 6.92 Å². The van der Waals surface area contributed by atoms with Crippen LogP contribution in [0.25, 0.3) is 10.9 Å². The molecular formula is C30H32N2O7. The number of aromatic hydroxyl groups is 2. The van der Waals surface area contributed by atoms with Gasteiger partial charge < -0.3 is 34.4 Å². The summed E-state index contributed by atoms with van der Waals surface area (Å²) in [4.78, 5) is 29.4. The van der Waals surface area contributed by atoms with Crippen LogP contribution in [0.1, 0.15) is 66.5 Å². The molecule has 0 spiro atoms. The first-order valence-corrected chi connectivity index (χ1v) is 13.1. The number of carbonyl (C=O) groups is 1. The number of benzene rings is 2. The highest BCUT2D eigenvalue weighted by atomic mass is 16.5. The Morgan fingerprint density at radius 2 is 2.03 bits per heavy atom. The molecule has 2 heterocycles. The van der Waals surface area contributed by atoms with Crippen molar-refractivity contribution in [2.75, 3.05) is 13.7 Å². The highest BCUT2D eigenvalue weighted by molar-refractivity contribution is 5.87. The number of phenols is 1. The maximum absolute atomic E-state index is 13.5. The molecule has 0 aliphatic heterocycles. The molecule has 39 heavy (non-hydrogen) atoms. The summed E-state index contributed by atoms with van der Waals surface area (Å²) in [6.07, 6.45) is 2.48. The number of carbonyl (C=O) groups excluding carboxylic acids is 1. The Bertz CT molecular complexity index is 1590. The molecular weight excluding hydrogens is 500 g/mol. The van der Waals surface area contributed by atoms with Gasteiger partial charge in [0.05, 0.1) is 25.7 Å². The van der Waals surface area contributed by atoms with Crippen LogP contribution < -0.4 is 20.2 Å². The molecule has 1 aliphatic rings. The Kier molecular flexibility index (Phi) is 7.24. The SMILES string of the molecule is CCOc1ccc2[nH]c3c(c2c1)CCC[C@H]3NC(=O)C[C@H](c1ccc(O)c(OC)c1)c1oc(C)cc(=O)c1O. The zero-order valence-electron chi connectivity index (χ0n) is 22.2. The number of aromatic amines is 1. The number of aromatic nitrogens is 1. The first-order valence-electron chi connectivity index (χ1n) is 13.1. The average molecular weight is 533 g/mol. The van der Waals surface area contributed by atoms with Crippen molar-refractivity contribution in [1.82, 2.24) is 10.3 Å². The molecule has 2 atom stereocenters. The lowest BCUT2D eigenvalue weighted by Crippen LogP contribution is -2.32. The predicted molar refractivity (Wildman–Crippen MR) is 146 cm³/mol. The number of ether oxygens (including phenoxy) is 2. The molecule has 0 radical (unpaired) electrons. The van der Waals surface area contributed by atoms with Gasteiger partial charge in [-0.05, 0) is 74.6 Å². The molecule has 0 fully saturated rings. The average Bonchev–Trinajstić information content (AvgIpc) is 3.29. The van der Waals surface area contributed by atoms with E-state index in [1.165, 1.54) is 24.8 Å². The van der Waals surface area contributed by atoms with E-state index in [1.54, 1.807) is 19.1 Å². The van der Waals surface area contributed by atoms with Crippen LogP contribution in [-0.2, 0) is 11.2 Å². The third-order valence-electron chi connectivity index (χ3n) is 7.21. The Morgan fingerprint density at radius 3 is 2.79 bits per heavy atom. The zero-order valence-corrected chi connectivity index (χ0v) is 22.2. The molecule has 2 aromatic carbocycles. The van der Waals surface area contributed by atoms with Crippen molar-refractivity contribution in [2.45, 2.75) is 51.5 Å². The van der Waals surface area contributed by atoms with Crippen molar-refractivity contribution in [2.24, 2.45) is 0 Å². The maximum atomic E-state index is 13.5. The second kappa shape index (κ2) is 10.8. The van der Waals surface area contributed by atoms with Gasteiger partial charge in [-0.25, -0.2) is 0 Å². The van der Waals surface area contributed by atoms with E-state index in [0.717, 1.165) is 41.6 Å². The second-order valence-corrected chi connectivity index (χ2v) is 9.79. The molecule has 9 nitrogen and oxygen atoms in total. The van der Waals surface area contributed by atoms with Gasteiger partial charge in [-0.2, -0.15) is 0 Å². The highest BCUT2D eigenvalue weighted by Crippen LogP contribution is 2.39. The minimum atomic E-state index is -0.799. The molecule has 204 valence electrons. The molecule has 1 amide bonds. The van der Waals surface area contributed by atoms with Gasteiger partial charge in [0.1, 0.15) is 11.5 Å². The highest BCUT2D eigenvalue weighted by Gasteiger charge is 2.30. The van der Waals surface area contributed by atoms with E-state index in [2.05, 4.69) is 10.3 Å². The van der Waals surface area contributed by atoms with Crippen LogP contribution in [-0.4, -0.2) is 34.8 Å². The van der Waals surface area contributed by atoms with Crippen LogP contribution >= 0.6 is 0 Å². The van der Waals surface area contributed by atoms with Gasteiger partial charge in [0.15, 0.2) is 17.3 Å². The van der Waals surface area contributed by atoms with Crippen molar-refractivity contribution < 1.29 is 28.9 Å². The standard InChI is InChI=1S/C30H32N2O7/c1-4-38-18-9-10-22-21(14-18)19-6-5-7-23(28(19)32-22)31-27(35)15-20(17-8-11-24(33)26(13-17)37-3)30-29(36)25(34)12-16(2)39-30/h8-14,20,23,32-33,36H,4-7,15H2,1-3H3,(H,31,35)/t20-,23-/m1/s1. The number of H-pyrrole nitrogens is 1. The number of fused-ring (bicyclic) bond motifs is 3. The third-order valence-corrected chi connectivity index (χ3v) is 7.21. The number of phenolic OH excluding ortho intramolecular Hbond substituents is 1. The van der Waals surface area contributed by atoms with Gasteiger partial charge in [0.25, 0.3) is 0 Å². The van der Waals surface area contributed by atoms with Crippen molar-refractivity contribution in [3.05, 3.63) is 81.0 Å². The normalized spacial score (nSPS) is 15.5. The number of nitrogens with one attached hydrogen (secondary N) is 2. The van der Waals surface area contributed by atoms with Crippen LogP contribution in [0.2, 0.25) is 0 Å². The fourth-order valence-electron chi connectivity index (χ4n) is 5.42.